The van der Waals surface area contributed by atoms with Gasteiger partial charge < -0.3 is 5.32 Å². The van der Waals surface area contributed by atoms with Gasteiger partial charge in [0.1, 0.15) is 0 Å². The normalized spacial score (nSPS) is 12.4. The third-order valence-corrected chi connectivity index (χ3v) is 5.26. The van der Waals surface area contributed by atoms with Crippen molar-refractivity contribution in [2.45, 2.75) is 19.9 Å². The average Bonchev–Trinajstić information content (AvgIpc) is 2.43. The largest absolute Gasteiger partial charge is 0.306 e. The Morgan fingerprint density at radius 3 is 2.60 bits per heavy atom. The molecule has 4 heteroatoms. The van der Waals surface area contributed by atoms with Crippen molar-refractivity contribution in [2.24, 2.45) is 0 Å². The molecule has 0 fully saturated rings. The maximum absolute atomic E-state index is 6.37. The third-order valence-electron chi connectivity index (χ3n) is 3.21. The minimum absolute atomic E-state index is 0.0537. The molecule has 1 atom stereocenters. The van der Waals surface area contributed by atoms with Crippen LogP contribution in [0.3, 0.4) is 0 Å². The fourth-order valence-corrected chi connectivity index (χ4v) is 3.30. The lowest BCUT2D eigenvalue weighted by Crippen LogP contribution is -2.23. The first-order valence-electron chi connectivity index (χ1n) is 6.48. The number of halogens is 3. The molecule has 0 aromatic heterocycles. The summed E-state index contributed by atoms with van der Waals surface area (Å²) in [5.41, 5.74) is 3.52. The van der Waals surface area contributed by atoms with Gasteiger partial charge in [-0.25, -0.2) is 0 Å². The Balaban J connectivity index is 2.56. The van der Waals surface area contributed by atoms with Crippen LogP contribution in [0, 0.1) is 10.5 Å². The van der Waals surface area contributed by atoms with E-state index in [-0.39, 0.29) is 6.04 Å². The van der Waals surface area contributed by atoms with E-state index in [2.05, 4.69) is 60.0 Å². The molecule has 0 radical (unpaired) electrons. The molecule has 0 saturated carbocycles. The van der Waals surface area contributed by atoms with Crippen molar-refractivity contribution in [3.8, 4) is 0 Å². The summed E-state index contributed by atoms with van der Waals surface area (Å²) < 4.78 is 1.26. The van der Waals surface area contributed by atoms with Gasteiger partial charge in [-0.3, -0.25) is 0 Å². The first-order valence-corrected chi connectivity index (χ1v) is 8.31. The summed E-state index contributed by atoms with van der Waals surface area (Å²) in [5, 5.41) is 4.94. The van der Waals surface area contributed by atoms with Crippen molar-refractivity contribution in [3.05, 3.63) is 66.7 Å². The minimum Gasteiger partial charge on any atom is -0.306 e. The fraction of sp³-hybridized carbons (Fsp3) is 0.250. The van der Waals surface area contributed by atoms with Gasteiger partial charge in [0.15, 0.2) is 0 Å². The Kier molecular flexibility index (Phi) is 5.73. The summed E-state index contributed by atoms with van der Waals surface area (Å²) in [5.74, 6) is 0. The molecule has 0 aliphatic carbocycles. The van der Waals surface area contributed by atoms with Gasteiger partial charge in [-0.2, -0.15) is 0 Å². The Bertz CT molecular complexity index is 611. The zero-order valence-corrected chi connectivity index (χ0v) is 15.1. The molecule has 2 rings (SSSR count). The molecule has 0 heterocycles. The summed E-state index contributed by atoms with van der Waals surface area (Å²) in [6.45, 7) is 5.07. The third kappa shape index (κ3) is 3.48. The minimum atomic E-state index is 0.0537. The second-order valence-electron chi connectivity index (χ2n) is 4.63. The van der Waals surface area contributed by atoms with Crippen molar-refractivity contribution in [1.29, 1.82) is 0 Å². The van der Waals surface area contributed by atoms with Gasteiger partial charge in [-0.15, -0.1) is 0 Å². The number of benzene rings is 2. The molecular weight excluding hydrogens is 404 g/mol. The summed E-state index contributed by atoms with van der Waals surface area (Å²) in [6.07, 6.45) is 0. The number of hydrogen-bond donors (Lipinski definition) is 1. The highest BCUT2D eigenvalue weighted by atomic mass is 127. The van der Waals surface area contributed by atoms with E-state index in [1.165, 1.54) is 14.7 Å². The number of aryl methyl sites for hydroxylation is 1. The van der Waals surface area contributed by atoms with Gasteiger partial charge in [0, 0.05) is 13.6 Å². The Labute approximate surface area is 143 Å². The molecule has 1 unspecified atom stereocenters. The van der Waals surface area contributed by atoms with E-state index in [1.54, 1.807) is 0 Å². The molecule has 0 aliphatic rings. The van der Waals surface area contributed by atoms with Crippen LogP contribution in [0.25, 0.3) is 0 Å². The van der Waals surface area contributed by atoms with Crippen LogP contribution >= 0.6 is 45.8 Å². The monoisotopic (exact) mass is 419 g/mol. The first kappa shape index (κ1) is 16.1. The van der Waals surface area contributed by atoms with E-state index in [0.717, 1.165) is 17.1 Å². The summed E-state index contributed by atoms with van der Waals surface area (Å²) >= 11 is 14.9. The standard InChI is InChI=1S/C16H16Cl2IN/c1-3-20-16(12-6-4-5-10(2)15(12)19)13-9-11(17)7-8-14(13)18/h4-9,16,20H,3H2,1-2H3. The van der Waals surface area contributed by atoms with E-state index < -0.39 is 0 Å². The summed E-state index contributed by atoms with van der Waals surface area (Å²) in [6, 6.07) is 12.0. The molecule has 0 amide bonds. The number of hydrogen-bond acceptors (Lipinski definition) is 1. The average molecular weight is 420 g/mol. The van der Waals surface area contributed by atoms with Crippen molar-refractivity contribution < 1.29 is 0 Å². The lowest BCUT2D eigenvalue weighted by atomic mass is 9.97. The molecular formula is C16H16Cl2IN. The van der Waals surface area contributed by atoms with Gasteiger partial charge in [0.25, 0.3) is 0 Å². The van der Waals surface area contributed by atoms with Crippen LogP contribution in [0.4, 0.5) is 0 Å². The zero-order valence-electron chi connectivity index (χ0n) is 11.4. The molecule has 0 bridgehead atoms. The van der Waals surface area contributed by atoms with Crippen LogP contribution < -0.4 is 5.32 Å². The van der Waals surface area contributed by atoms with Crippen LogP contribution in [0.2, 0.25) is 10.0 Å². The first-order chi connectivity index (χ1) is 9.54. The summed E-state index contributed by atoms with van der Waals surface area (Å²) in [7, 11) is 0. The molecule has 1 nitrogen and oxygen atoms in total. The van der Waals surface area contributed by atoms with Crippen LogP contribution in [0.15, 0.2) is 36.4 Å². The van der Waals surface area contributed by atoms with Crippen molar-refractivity contribution >= 4 is 45.8 Å². The molecule has 0 spiro atoms. The number of nitrogens with one attached hydrogen (secondary N) is 1. The Morgan fingerprint density at radius 1 is 1.15 bits per heavy atom. The van der Waals surface area contributed by atoms with Crippen LogP contribution in [-0.4, -0.2) is 6.54 Å². The van der Waals surface area contributed by atoms with E-state index in [4.69, 9.17) is 23.2 Å². The molecule has 1 N–H and O–H groups in total. The lowest BCUT2D eigenvalue weighted by Gasteiger charge is -2.22. The van der Waals surface area contributed by atoms with Gasteiger partial charge in [0.05, 0.1) is 6.04 Å². The molecule has 20 heavy (non-hydrogen) atoms. The van der Waals surface area contributed by atoms with Gasteiger partial charge in [0.2, 0.25) is 0 Å². The number of rotatable bonds is 4. The Morgan fingerprint density at radius 2 is 1.90 bits per heavy atom. The highest BCUT2D eigenvalue weighted by Crippen LogP contribution is 2.33. The highest BCUT2D eigenvalue weighted by molar-refractivity contribution is 14.1. The van der Waals surface area contributed by atoms with Crippen LogP contribution in [0.1, 0.15) is 29.7 Å². The maximum atomic E-state index is 6.37. The fourth-order valence-electron chi connectivity index (χ4n) is 2.22. The molecule has 106 valence electrons. The molecule has 0 saturated heterocycles. The van der Waals surface area contributed by atoms with Crippen LogP contribution in [-0.2, 0) is 0 Å². The lowest BCUT2D eigenvalue weighted by molar-refractivity contribution is 0.628. The van der Waals surface area contributed by atoms with E-state index >= 15 is 0 Å². The van der Waals surface area contributed by atoms with E-state index in [1.807, 2.05) is 18.2 Å². The smallest absolute Gasteiger partial charge is 0.0602 e. The predicted octanol–water partition coefficient (Wildman–Crippen LogP) is 5.61. The van der Waals surface area contributed by atoms with Gasteiger partial charge in [-0.1, -0.05) is 48.3 Å². The van der Waals surface area contributed by atoms with E-state index in [0.29, 0.717) is 5.02 Å². The highest BCUT2D eigenvalue weighted by Gasteiger charge is 2.19. The second kappa shape index (κ2) is 7.12. The van der Waals surface area contributed by atoms with Crippen molar-refractivity contribution in [2.75, 3.05) is 6.54 Å². The van der Waals surface area contributed by atoms with Crippen molar-refractivity contribution in [1.82, 2.24) is 5.32 Å². The summed E-state index contributed by atoms with van der Waals surface area (Å²) in [4.78, 5) is 0. The second-order valence-corrected chi connectivity index (χ2v) is 6.56. The van der Waals surface area contributed by atoms with Crippen LogP contribution in [0.5, 0.6) is 0 Å². The SMILES string of the molecule is CCNC(c1cc(Cl)ccc1Cl)c1cccc(C)c1I. The topological polar surface area (TPSA) is 12.0 Å². The van der Waals surface area contributed by atoms with Crippen molar-refractivity contribution in [3.63, 3.8) is 0 Å². The predicted molar refractivity (Wildman–Crippen MR) is 95.9 cm³/mol. The quantitative estimate of drug-likeness (QED) is 0.635. The molecule has 2 aromatic carbocycles. The maximum Gasteiger partial charge on any atom is 0.0602 e. The molecule has 2 aromatic rings. The van der Waals surface area contributed by atoms with Gasteiger partial charge >= 0.3 is 0 Å². The van der Waals surface area contributed by atoms with E-state index in [9.17, 15) is 0 Å². The zero-order chi connectivity index (χ0) is 14.7. The molecule has 0 aliphatic heterocycles. The Hall–Kier alpha value is -0.290. The van der Waals surface area contributed by atoms with Gasteiger partial charge in [-0.05, 0) is 70.9 Å².